The molecule has 104 valence electrons. The van der Waals surface area contributed by atoms with Crippen LogP contribution in [-0.2, 0) is 14.8 Å². The number of rotatable bonds is 12. The highest BCUT2D eigenvalue weighted by Gasteiger charge is 2.08. The van der Waals surface area contributed by atoms with E-state index in [2.05, 4.69) is 17.0 Å². The van der Waals surface area contributed by atoms with Crippen molar-refractivity contribution in [2.24, 2.45) is 0 Å². The van der Waals surface area contributed by atoms with Crippen molar-refractivity contribution in [3.05, 3.63) is 0 Å². The predicted octanol–water partition coefficient (Wildman–Crippen LogP) is 0.722. The van der Waals surface area contributed by atoms with Crippen LogP contribution in [0.3, 0.4) is 0 Å². The number of ether oxygens (including phenoxy) is 1. The van der Waals surface area contributed by atoms with E-state index in [1.165, 1.54) is 0 Å². The lowest BCUT2D eigenvalue weighted by molar-refractivity contribution is 0.193. The fourth-order valence-corrected chi connectivity index (χ4v) is 2.48. The van der Waals surface area contributed by atoms with Crippen LogP contribution in [0.15, 0.2) is 0 Å². The zero-order valence-electron chi connectivity index (χ0n) is 11.0. The first kappa shape index (κ1) is 16.8. The monoisotopic (exact) mass is 266 g/mol. The van der Waals surface area contributed by atoms with Crippen molar-refractivity contribution in [1.82, 2.24) is 10.0 Å². The van der Waals surface area contributed by atoms with Crippen molar-refractivity contribution in [2.75, 3.05) is 39.1 Å². The topological polar surface area (TPSA) is 67.4 Å². The third-order valence-electron chi connectivity index (χ3n) is 2.29. The maximum Gasteiger partial charge on any atom is 0.211 e. The molecule has 0 rings (SSSR count). The summed E-state index contributed by atoms with van der Waals surface area (Å²) in [6.45, 7) is 4.99. The smallest absolute Gasteiger partial charge is 0.211 e. The second-order valence-corrected chi connectivity index (χ2v) is 5.94. The molecule has 0 fully saturated rings. The molecular weight excluding hydrogens is 240 g/mol. The second kappa shape index (κ2) is 11.0. The van der Waals surface area contributed by atoms with Gasteiger partial charge >= 0.3 is 0 Å². The van der Waals surface area contributed by atoms with Crippen LogP contribution in [0.25, 0.3) is 0 Å². The molecule has 0 aliphatic rings. The lowest BCUT2D eigenvalue weighted by Gasteiger charge is -2.07. The quantitative estimate of drug-likeness (QED) is 0.511. The summed E-state index contributed by atoms with van der Waals surface area (Å²) in [5, 5.41) is 3.18. The van der Waals surface area contributed by atoms with E-state index in [4.69, 9.17) is 4.74 Å². The Balaban J connectivity index is 3.46. The highest BCUT2D eigenvalue weighted by atomic mass is 32.2. The highest BCUT2D eigenvalue weighted by molar-refractivity contribution is 7.89. The summed E-state index contributed by atoms with van der Waals surface area (Å²) < 4.78 is 30.5. The highest BCUT2D eigenvalue weighted by Crippen LogP contribution is 1.92. The van der Waals surface area contributed by atoms with E-state index in [1.807, 2.05) is 0 Å². The number of hydrogen-bond acceptors (Lipinski definition) is 4. The van der Waals surface area contributed by atoms with Crippen LogP contribution in [0, 0.1) is 0 Å². The van der Waals surface area contributed by atoms with Crippen LogP contribution in [0.2, 0.25) is 0 Å². The molecule has 0 aromatic heterocycles. The summed E-state index contributed by atoms with van der Waals surface area (Å²) in [5.74, 6) is 0.202. The summed E-state index contributed by atoms with van der Waals surface area (Å²) >= 11 is 0. The van der Waals surface area contributed by atoms with Crippen LogP contribution >= 0.6 is 0 Å². The maximum atomic E-state index is 11.5. The molecule has 6 heteroatoms. The van der Waals surface area contributed by atoms with Crippen LogP contribution in [0.5, 0.6) is 0 Å². The normalized spacial score (nSPS) is 11.9. The number of hydrogen-bond donors (Lipinski definition) is 2. The molecule has 0 amide bonds. The minimum absolute atomic E-state index is 0.202. The Morgan fingerprint density at radius 1 is 1.06 bits per heavy atom. The Hall–Kier alpha value is -0.170. The first-order valence-corrected chi connectivity index (χ1v) is 7.94. The van der Waals surface area contributed by atoms with E-state index in [0.29, 0.717) is 19.6 Å². The van der Waals surface area contributed by atoms with Gasteiger partial charge < -0.3 is 10.1 Å². The van der Waals surface area contributed by atoms with E-state index in [1.54, 1.807) is 7.11 Å². The Labute approximate surface area is 105 Å². The summed E-state index contributed by atoms with van der Waals surface area (Å²) in [4.78, 5) is 0. The molecule has 0 aliphatic carbocycles. The first-order chi connectivity index (χ1) is 8.12. The van der Waals surface area contributed by atoms with Crippen molar-refractivity contribution in [2.45, 2.75) is 32.6 Å². The maximum absolute atomic E-state index is 11.5. The number of sulfonamides is 1. The van der Waals surface area contributed by atoms with E-state index in [-0.39, 0.29) is 5.75 Å². The van der Waals surface area contributed by atoms with E-state index in [9.17, 15) is 8.42 Å². The molecule has 0 unspecified atom stereocenters. The van der Waals surface area contributed by atoms with Crippen molar-refractivity contribution < 1.29 is 13.2 Å². The zero-order chi connectivity index (χ0) is 13.0. The fraction of sp³-hybridized carbons (Fsp3) is 1.00. The van der Waals surface area contributed by atoms with Crippen LogP contribution in [0.1, 0.15) is 32.6 Å². The Morgan fingerprint density at radius 2 is 1.82 bits per heavy atom. The molecule has 0 aromatic carbocycles. The van der Waals surface area contributed by atoms with Crippen molar-refractivity contribution >= 4 is 10.0 Å². The average molecular weight is 266 g/mol. The minimum Gasteiger partial charge on any atom is -0.385 e. The summed E-state index contributed by atoms with van der Waals surface area (Å²) in [7, 11) is -1.44. The van der Waals surface area contributed by atoms with Crippen molar-refractivity contribution in [3.63, 3.8) is 0 Å². The van der Waals surface area contributed by atoms with Gasteiger partial charge in [0, 0.05) is 20.3 Å². The number of methoxy groups -OCH3 is 1. The molecule has 0 aliphatic heterocycles. The Morgan fingerprint density at radius 3 is 2.47 bits per heavy atom. The van der Waals surface area contributed by atoms with Gasteiger partial charge in [-0.3, -0.25) is 0 Å². The van der Waals surface area contributed by atoms with Gasteiger partial charge in [0.2, 0.25) is 10.0 Å². The standard InChI is InChI=1S/C11H26N2O3S/c1-3-7-12-8-6-11-17(14,15)13-9-4-5-10-16-2/h12-13H,3-11H2,1-2H3. The molecule has 5 nitrogen and oxygen atoms in total. The van der Waals surface area contributed by atoms with E-state index < -0.39 is 10.0 Å². The Bertz CT molecular complexity index is 235. The summed E-state index contributed by atoms with van der Waals surface area (Å²) in [6.07, 6.45) is 3.44. The molecule has 0 bridgehead atoms. The summed E-state index contributed by atoms with van der Waals surface area (Å²) in [5.41, 5.74) is 0. The lowest BCUT2D eigenvalue weighted by Crippen LogP contribution is -2.29. The second-order valence-electron chi connectivity index (χ2n) is 4.02. The van der Waals surface area contributed by atoms with E-state index >= 15 is 0 Å². The van der Waals surface area contributed by atoms with Gasteiger partial charge in [0.25, 0.3) is 0 Å². The SMILES string of the molecule is CCCNCCCS(=O)(=O)NCCCCOC. The first-order valence-electron chi connectivity index (χ1n) is 6.29. The molecule has 0 aromatic rings. The third-order valence-corrected chi connectivity index (χ3v) is 3.76. The number of nitrogens with one attached hydrogen (secondary N) is 2. The van der Waals surface area contributed by atoms with Gasteiger partial charge in [-0.15, -0.1) is 0 Å². The van der Waals surface area contributed by atoms with Crippen molar-refractivity contribution in [3.8, 4) is 0 Å². The molecule has 0 spiro atoms. The molecule has 17 heavy (non-hydrogen) atoms. The Kier molecular flexibility index (Phi) is 10.8. The van der Waals surface area contributed by atoms with Gasteiger partial charge in [-0.2, -0.15) is 0 Å². The van der Waals surface area contributed by atoms with Gasteiger partial charge in [0.15, 0.2) is 0 Å². The van der Waals surface area contributed by atoms with Crippen molar-refractivity contribution in [1.29, 1.82) is 0 Å². The van der Waals surface area contributed by atoms with Crippen LogP contribution in [-0.4, -0.2) is 47.5 Å². The molecular formula is C11H26N2O3S. The minimum atomic E-state index is -3.09. The fourth-order valence-electron chi connectivity index (χ4n) is 1.36. The molecule has 0 heterocycles. The predicted molar refractivity (Wildman–Crippen MR) is 70.7 cm³/mol. The molecule has 0 atom stereocenters. The van der Waals surface area contributed by atoms with Gasteiger partial charge in [-0.25, -0.2) is 13.1 Å². The van der Waals surface area contributed by atoms with Gasteiger partial charge in [0.1, 0.15) is 0 Å². The van der Waals surface area contributed by atoms with Crippen LogP contribution in [0.4, 0.5) is 0 Å². The van der Waals surface area contributed by atoms with E-state index in [0.717, 1.165) is 32.4 Å². The summed E-state index contributed by atoms with van der Waals surface area (Å²) in [6, 6.07) is 0. The molecule has 0 saturated carbocycles. The number of unbranched alkanes of at least 4 members (excludes halogenated alkanes) is 1. The molecule has 2 N–H and O–H groups in total. The lowest BCUT2D eigenvalue weighted by atomic mass is 10.3. The van der Waals surface area contributed by atoms with Gasteiger partial charge in [-0.05, 0) is 38.8 Å². The third kappa shape index (κ3) is 12.1. The molecule has 0 radical (unpaired) electrons. The molecule has 0 saturated heterocycles. The largest absolute Gasteiger partial charge is 0.385 e. The van der Waals surface area contributed by atoms with Gasteiger partial charge in [-0.1, -0.05) is 6.92 Å². The zero-order valence-corrected chi connectivity index (χ0v) is 11.8. The van der Waals surface area contributed by atoms with Crippen LogP contribution < -0.4 is 10.0 Å². The average Bonchev–Trinajstić information content (AvgIpc) is 2.28. The van der Waals surface area contributed by atoms with Gasteiger partial charge in [0.05, 0.1) is 5.75 Å².